The number of carbonyl (C=O) groups is 2. The highest BCUT2D eigenvalue weighted by molar-refractivity contribution is 7.14. The summed E-state index contributed by atoms with van der Waals surface area (Å²) in [5.41, 5.74) is 5.68. The molecule has 0 aliphatic heterocycles. The average Bonchev–Trinajstić information content (AvgIpc) is 2.69. The standard InChI is InChI=1S/C13H18N2O3S/c1-8(16)10-9(11(17)18)15-12(19-10)13(14)6-4-2-3-5-7-13/h2-7,14H2,1H3,(H,17,18). The number of ketones is 1. The van der Waals surface area contributed by atoms with Crippen molar-refractivity contribution in [2.24, 2.45) is 5.73 Å². The van der Waals surface area contributed by atoms with Crippen LogP contribution in [0.2, 0.25) is 0 Å². The number of nitrogens with zero attached hydrogens (tertiary/aromatic N) is 1. The average molecular weight is 282 g/mol. The predicted molar refractivity (Wildman–Crippen MR) is 72.6 cm³/mol. The molecule has 1 aromatic heterocycles. The van der Waals surface area contributed by atoms with E-state index >= 15 is 0 Å². The molecule has 1 aromatic rings. The lowest BCUT2D eigenvalue weighted by atomic mass is 9.92. The Hall–Kier alpha value is -1.27. The van der Waals surface area contributed by atoms with Gasteiger partial charge in [0.2, 0.25) is 0 Å². The van der Waals surface area contributed by atoms with E-state index in [4.69, 9.17) is 10.8 Å². The van der Waals surface area contributed by atoms with Gasteiger partial charge in [0.1, 0.15) is 9.88 Å². The molecular formula is C13H18N2O3S. The number of carboxylic acid groups (broad SMARTS) is 1. The number of Topliss-reactive ketones (excluding diaryl/α,β-unsaturated/α-hetero) is 1. The van der Waals surface area contributed by atoms with E-state index in [1.165, 1.54) is 6.92 Å². The fourth-order valence-electron chi connectivity index (χ4n) is 2.49. The number of aromatic nitrogens is 1. The Balaban J connectivity index is 2.41. The van der Waals surface area contributed by atoms with Gasteiger partial charge in [0, 0.05) is 6.92 Å². The van der Waals surface area contributed by atoms with Crippen molar-refractivity contribution in [2.45, 2.75) is 51.0 Å². The van der Waals surface area contributed by atoms with Crippen LogP contribution in [0.3, 0.4) is 0 Å². The van der Waals surface area contributed by atoms with Crippen molar-refractivity contribution >= 4 is 23.1 Å². The minimum atomic E-state index is -1.16. The van der Waals surface area contributed by atoms with Gasteiger partial charge in [-0.1, -0.05) is 25.7 Å². The van der Waals surface area contributed by atoms with E-state index in [2.05, 4.69) is 4.98 Å². The first-order valence-corrected chi connectivity index (χ1v) is 7.30. The van der Waals surface area contributed by atoms with E-state index in [-0.39, 0.29) is 16.4 Å². The van der Waals surface area contributed by atoms with Gasteiger partial charge in [0.05, 0.1) is 5.54 Å². The lowest BCUT2D eigenvalue weighted by Crippen LogP contribution is -2.36. The van der Waals surface area contributed by atoms with E-state index in [0.717, 1.165) is 49.9 Å². The van der Waals surface area contributed by atoms with Crippen LogP contribution in [0.4, 0.5) is 0 Å². The van der Waals surface area contributed by atoms with E-state index in [9.17, 15) is 9.59 Å². The maximum absolute atomic E-state index is 11.5. The van der Waals surface area contributed by atoms with Crippen LogP contribution in [0.5, 0.6) is 0 Å². The van der Waals surface area contributed by atoms with Crippen molar-refractivity contribution in [3.8, 4) is 0 Å². The summed E-state index contributed by atoms with van der Waals surface area (Å²) in [4.78, 5) is 27.0. The Morgan fingerprint density at radius 1 is 1.26 bits per heavy atom. The van der Waals surface area contributed by atoms with Gasteiger partial charge in [-0.2, -0.15) is 0 Å². The molecule has 104 valence electrons. The zero-order valence-corrected chi connectivity index (χ0v) is 11.8. The second-order valence-corrected chi connectivity index (χ2v) is 6.13. The van der Waals surface area contributed by atoms with Gasteiger partial charge < -0.3 is 10.8 Å². The number of carbonyl (C=O) groups excluding carboxylic acids is 1. The molecule has 0 unspecified atom stereocenters. The van der Waals surface area contributed by atoms with Crippen LogP contribution in [0.25, 0.3) is 0 Å². The normalized spacial score (nSPS) is 18.8. The van der Waals surface area contributed by atoms with Gasteiger partial charge in [-0.15, -0.1) is 11.3 Å². The van der Waals surface area contributed by atoms with Crippen molar-refractivity contribution in [2.75, 3.05) is 0 Å². The van der Waals surface area contributed by atoms with E-state index in [1.807, 2.05) is 0 Å². The minimum absolute atomic E-state index is 0.151. The zero-order valence-electron chi connectivity index (χ0n) is 10.9. The molecule has 2 rings (SSSR count). The molecule has 0 saturated heterocycles. The summed E-state index contributed by atoms with van der Waals surface area (Å²) >= 11 is 1.14. The Morgan fingerprint density at radius 3 is 2.26 bits per heavy atom. The molecule has 3 N–H and O–H groups in total. The highest BCUT2D eigenvalue weighted by Crippen LogP contribution is 2.37. The second-order valence-electron chi connectivity index (χ2n) is 5.13. The summed E-state index contributed by atoms with van der Waals surface area (Å²) < 4.78 is 0. The lowest BCUT2D eigenvalue weighted by Gasteiger charge is -2.25. The molecular weight excluding hydrogens is 264 g/mol. The van der Waals surface area contributed by atoms with Crippen LogP contribution in [-0.4, -0.2) is 21.8 Å². The molecule has 0 aromatic carbocycles. The number of thiazole rings is 1. The van der Waals surface area contributed by atoms with Crippen LogP contribution in [0.1, 0.15) is 70.6 Å². The minimum Gasteiger partial charge on any atom is -0.476 e. The fourth-order valence-corrected chi connectivity index (χ4v) is 3.60. The van der Waals surface area contributed by atoms with Crippen molar-refractivity contribution < 1.29 is 14.7 Å². The number of aromatic carboxylic acids is 1. The maximum Gasteiger partial charge on any atom is 0.356 e. The molecule has 1 heterocycles. The summed E-state index contributed by atoms with van der Waals surface area (Å²) in [5.74, 6) is -1.43. The quantitative estimate of drug-likeness (QED) is 0.656. The van der Waals surface area contributed by atoms with Crippen LogP contribution in [0.15, 0.2) is 0 Å². The van der Waals surface area contributed by atoms with Gasteiger partial charge in [0.25, 0.3) is 0 Å². The molecule has 5 nitrogen and oxygen atoms in total. The van der Waals surface area contributed by atoms with Crippen molar-refractivity contribution in [3.63, 3.8) is 0 Å². The Bertz CT molecular complexity index is 470. The first kappa shape index (κ1) is 14.1. The summed E-state index contributed by atoms with van der Waals surface area (Å²) in [6, 6.07) is 0. The van der Waals surface area contributed by atoms with Crippen LogP contribution in [0, 0.1) is 0 Å². The van der Waals surface area contributed by atoms with Crippen molar-refractivity contribution in [3.05, 3.63) is 15.6 Å². The highest BCUT2D eigenvalue weighted by Gasteiger charge is 2.34. The SMILES string of the molecule is CC(=O)c1sc(C2(N)CCCCCC2)nc1C(=O)O. The van der Waals surface area contributed by atoms with Crippen LogP contribution in [-0.2, 0) is 5.54 Å². The largest absolute Gasteiger partial charge is 0.476 e. The molecule has 1 aliphatic rings. The monoisotopic (exact) mass is 282 g/mol. The predicted octanol–water partition coefficient (Wildman–Crippen LogP) is 2.55. The Labute approximate surface area is 115 Å². The molecule has 0 radical (unpaired) electrons. The van der Waals surface area contributed by atoms with E-state index in [1.54, 1.807) is 0 Å². The second kappa shape index (κ2) is 5.38. The fraction of sp³-hybridized carbons (Fsp3) is 0.615. The van der Waals surface area contributed by atoms with E-state index in [0.29, 0.717) is 5.01 Å². The molecule has 0 atom stereocenters. The van der Waals surface area contributed by atoms with Crippen molar-refractivity contribution in [1.82, 2.24) is 4.98 Å². The Kier molecular flexibility index (Phi) is 4.01. The summed E-state index contributed by atoms with van der Waals surface area (Å²) in [7, 11) is 0. The van der Waals surface area contributed by atoms with Gasteiger partial charge in [0.15, 0.2) is 11.5 Å². The third kappa shape index (κ3) is 2.84. The highest BCUT2D eigenvalue weighted by atomic mass is 32.1. The van der Waals surface area contributed by atoms with Crippen LogP contribution >= 0.6 is 11.3 Å². The molecule has 0 amide bonds. The van der Waals surface area contributed by atoms with Gasteiger partial charge in [-0.25, -0.2) is 9.78 Å². The number of rotatable bonds is 3. The topological polar surface area (TPSA) is 93.3 Å². The molecule has 6 heteroatoms. The molecule has 1 aliphatic carbocycles. The van der Waals surface area contributed by atoms with Gasteiger partial charge >= 0.3 is 5.97 Å². The van der Waals surface area contributed by atoms with Crippen molar-refractivity contribution in [1.29, 1.82) is 0 Å². The summed E-state index contributed by atoms with van der Waals surface area (Å²) in [6.07, 6.45) is 5.95. The van der Waals surface area contributed by atoms with Gasteiger partial charge in [-0.3, -0.25) is 4.79 Å². The number of hydrogen-bond acceptors (Lipinski definition) is 5. The number of carboxylic acids is 1. The first-order valence-electron chi connectivity index (χ1n) is 6.48. The number of hydrogen-bond donors (Lipinski definition) is 2. The molecule has 0 spiro atoms. The smallest absolute Gasteiger partial charge is 0.356 e. The van der Waals surface area contributed by atoms with E-state index < -0.39 is 11.5 Å². The number of nitrogens with two attached hydrogens (primary N) is 1. The summed E-state index contributed by atoms with van der Waals surface area (Å²) in [6.45, 7) is 1.36. The molecule has 0 bridgehead atoms. The third-order valence-electron chi connectivity index (χ3n) is 3.57. The van der Waals surface area contributed by atoms with Crippen LogP contribution < -0.4 is 5.73 Å². The zero-order chi connectivity index (χ0) is 14.0. The molecule has 19 heavy (non-hydrogen) atoms. The molecule has 1 saturated carbocycles. The maximum atomic E-state index is 11.5. The molecule has 1 fully saturated rings. The van der Waals surface area contributed by atoms with Gasteiger partial charge in [-0.05, 0) is 12.8 Å². The third-order valence-corrected chi connectivity index (χ3v) is 4.95. The lowest BCUT2D eigenvalue weighted by molar-refractivity contribution is 0.0686. The Morgan fingerprint density at radius 2 is 1.84 bits per heavy atom. The first-order chi connectivity index (χ1) is 8.94. The summed E-state index contributed by atoms with van der Waals surface area (Å²) in [5, 5.41) is 9.71.